The molecule has 1 fully saturated rings. The molecule has 0 unspecified atom stereocenters. The summed E-state index contributed by atoms with van der Waals surface area (Å²) in [5.41, 5.74) is 3.29. The second-order valence-corrected chi connectivity index (χ2v) is 9.29. The number of ether oxygens (including phenoxy) is 1. The number of carbonyl (C=O) groups excluding carboxylic acids is 1. The fourth-order valence-corrected chi connectivity index (χ4v) is 4.69. The van der Waals surface area contributed by atoms with Gasteiger partial charge in [0.05, 0.1) is 12.3 Å². The van der Waals surface area contributed by atoms with Crippen LogP contribution in [0.15, 0.2) is 18.2 Å². The quantitative estimate of drug-likeness (QED) is 0.610. The molecule has 1 aliphatic heterocycles. The van der Waals surface area contributed by atoms with Crippen LogP contribution in [-0.2, 0) is 11.3 Å². The SMILES string of the molecule is Cc1cccc(C)c1OCCCC(=O)Nc1nc(C)c(CN2CCC(C)CC2)s1. The Morgan fingerprint density at radius 2 is 1.93 bits per heavy atom. The molecular weight excluding hydrogens is 382 g/mol. The Morgan fingerprint density at radius 3 is 2.62 bits per heavy atom. The second-order valence-electron chi connectivity index (χ2n) is 8.21. The highest BCUT2D eigenvalue weighted by atomic mass is 32.1. The molecule has 0 atom stereocenters. The predicted octanol–water partition coefficient (Wildman–Crippen LogP) is 5.10. The number of hydrogen-bond donors (Lipinski definition) is 1. The van der Waals surface area contributed by atoms with Crippen LogP contribution in [0, 0.1) is 26.7 Å². The molecule has 1 N–H and O–H groups in total. The molecule has 1 aromatic carbocycles. The van der Waals surface area contributed by atoms with Gasteiger partial charge in [0.1, 0.15) is 5.75 Å². The van der Waals surface area contributed by atoms with Crippen LogP contribution in [0.3, 0.4) is 0 Å². The van der Waals surface area contributed by atoms with Crippen molar-refractivity contribution in [3.63, 3.8) is 0 Å². The van der Waals surface area contributed by atoms with Crippen LogP contribution in [-0.4, -0.2) is 35.5 Å². The Kier molecular flexibility index (Phi) is 7.67. The molecule has 0 aliphatic carbocycles. The lowest BCUT2D eigenvalue weighted by Crippen LogP contribution is -2.32. The van der Waals surface area contributed by atoms with Crippen molar-refractivity contribution in [2.45, 2.75) is 59.9 Å². The Hall–Kier alpha value is -1.92. The van der Waals surface area contributed by atoms with Gasteiger partial charge in [-0.15, -0.1) is 11.3 Å². The number of carbonyl (C=O) groups is 1. The Morgan fingerprint density at radius 1 is 1.24 bits per heavy atom. The largest absolute Gasteiger partial charge is 0.493 e. The van der Waals surface area contributed by atoms with Gasteiger partial charge in [0, 0.05) is 17.8 Å². The summed E-state index contributed by atoms with van der Waals surface area (Å²) < 4.78 is 5.88. The van der Waals surface area contributed by atoms with Crippen molar-refractivity contribution in [3.8, 4) is 5.75 Å². The molecule has 6 heteroatoms. The lowest BCUT2D eigenvalue weighted by atomic mass is 9.99. The number of hydrogen-bond acceptors (Lipinski definition) is 5. The van der Waals surface area contributed by atoms with Gasteiger partial charge >= 0.3 is 0 Å². The molecule has 2 heterocycles. The highest BCUT2D eigenvalue weighted by Gasteiger charge is 2.18. The maximum absolute atomic E-state index is 12.3. The summed E-state index contributed by atoms with van der Waals surface area (Å²) in [6.07, 6.45) is 3.66. The smallest absolute Gasteiger partial charge is 0.226 e. The number of para-hydroxylation sites is 1. The van der Waals surface area contributed by atoms with E-state index in [1.54, 1.807) is 11.3 Å². The summed E-state index contributed by atoms with van der Waals surface area (Å²) in [5, 5.41) is 3.67. The molecule has 0 saturated carbocycles. The number of nitrogens with zero attached hydrogens (tertiary/aromatic N) is 2. The van der Waals surface area contributed by atoms with Crippen LogP contribution in [0.2, 0.25) is 0 Å². The number of aryl methyl sites for hydroxylation is 3. The molecular formula is C23H33N3O2S. The molecule has 1 aromatic heterocycles. The van der Waals surface area contributed by atoms with Gasteiger partial charge < -0.3 is 10.1 Å². The van der Waals surface area contributed by atoms with Gasteiger partial charge in [0.15, 0.2) is 5.13 Å². The van der Waals surface area contributed by atoms with E-state index in [0.29, 0.717) is 24.6 Å². The first kappa shape index (κ1) is 21.8. The highest BCUT2D eigenvalue weighted by molar-refractivity contribution is 7.15. The van der Waals surface area contributed by atoms with Gasteiger partial charge in [0.2, 0.25) is 5.91 Å². The zero-order chi connectivity index (χ0) is 20.8. The fraction of sp³-hybridized carbons (Fsp3) is 0.565. The van der Waals surface area contributed by atoms with Gasteiger partial charge in [-0.05, 0) is 70.2 Å². The van der Waals surface area contributed by atoms with Crippen molar-refractivity contribution < 1.29 is 9.53 Å². The summed E-state index contributed by atoms with van der Waals surface area (Å²) >= 11 is 1.61. The summed E-state index contributed by atoms with van der Waals surface area (Å²) in [7, 11) is 0. The van der Waals surface area contributed by atoms with E-state index < -0.39 is 0 Å². The Labute approximate surface area is 178 Å². The van der Waals surface area contributed by atoms with E-state index in [2.05, 4.69) is 22.1 Å². The minimum atomic E-state index is 0.00204. The molecule has 0 spiro atoms. The van der Waals surface area contributed by atoms with Gasteiger partial charge in [0.25, 0.3) is 0 Å². The first-order valence-electron chi connectivity index (χ1n) is 10.6. The number of aromatic nitrogens is 1. The molecule has 1 saturated heterocycles. The average Bonchev–Trinajstić information content (AvgIpc) is 3.01. The molecule has 3 rings (SSSR count). The highest BCUT2D eigenvalue weighted by Crippen LogP contribution is 2.26. The molecule has 0 bridgehead atoms. The van der Waals surface area contributed by atoms with Gasteiger partial charge in [-0.3, -0.25) is 9.69 Å². The van der Waals surface area contributed by atoms with E-state index in [4.69, 9.17) is 4.74 Å². The van der Waals surface area contributed by atoms with Crippen LogP contribution < -0.4 is 10.1 Å². The predicted molar refractivity (Wildman–Crippen MR) is 120 cm³/mol. The summed E-state index contributed by atoms with van der Waals surface area (Å²) in [5.74, 6) is 1.77. The first-order chi connectivity index (χ1) is 13.9. The second kappa shape index (κ2) is 10.2. The number of piperidine rings is 1. The molecule has 1 aliphatic rings. The van der Waals surface area contributed by atoms with Crippen LogP contribution in [0.1, 0.15) is 54.3 Å². The molecule has 158 valence electrons. The molecule has 0 radical (unpaired) electrons. The topological polar surface area (TPSA) is 54.5 Å². The minimum absolute atomic E-state index is 0.00204. The number of amides is 1. The normalized spacial score (nSPS) is 15.4. The molecule has 29 heavy (non-hydrogen) atoms. The monoisotopic (exact) mass is 415 g/mol. The molecule has 1 amide bonds. The van der Waals surface area contributed by atoms with Crippen molar-refractivity contribution >= 4 is 22.4 Å². The zero-order valence-corrected chi connectivity index (χ0v) is 18.9. The third kappa shape index (κ3) is 6.28. The average molecular weight is 416 g/mol. The number of benzene rings is 1. The van der Waals surface area contributed by atoms with Crippen molar-refractivity contribution in [1.29, 1.82) is 0 Å². The van der Waals surface area contributed by atoms with E-state index in [1.165, 1.54) is 17.7 Å². The Bertz CT molecular complexity index is 805. The van der Waals surface area contributed by atoms with Crippen LogP contribution in [0.25, 0.3) is 0 Å². The Balaban J connectivity index is 1.42. The van der Waals surface area contributed by atoms with Crippen LogP contribution in [0.4, 0.5) is 5.13 Å². The maximum Gasteiger partial charge on any atom is 0.226 e. The summed E-state index contributed by atoms with van der Waals surface area (Å²) in [6.45, 7) is 12.2. The van der Waals surface area contributed by atoms with Gasteiger partial charge in [-0.1, -0.05) is 25.1 Å². The van der Waals surface area contributed by atoms with Crippen molar-refractivity contribution in [1.82, 2.24) is 9.88 Å². The lowest BCUT2D eigenvalue weighted by Gasteiger charge is -2.29. The fourth-order valence-electron chi connectivity index (χ4n) is 3.67. The lowest BCUT2D eigenvalue weighted by molar-refractivity contribution is -0.116. The van der Waals surface area contributed by atoms with E-state index in [1.807, 2.05) is 39.0 Å². The number of anilines is 1. The van der Waals surface area contributed by atoms with Crippen molar-refractivity contribution in [2.24, 2.45) is 5.92 Å². The van der Waals surface area contributed by atoms with Crippen LogP contribution >= 0.6 is 11.3 Å². The third-order valence-electron chi connectivity index (χ3n) is 5.59. The van der Waals surface area contributed by atoms with E-state index in [-0.39, 0.29) is 5.91 Å². The summed E-state index contributed by atoms with van der Waals surface area (Å²) in [6, 6.07) is 6.12. The zero-order valence-electron chi connectivity index (χ0n) is 18.1. The molecule has 2 aromatic rings. The van der Waals surface area contributed by atoms with Crippen LogP contribution in [0.5, 0.6) is 5.75 Å². The number of rotatable bonds is 8. The van der Waals surface area contributed by atoms with Gasteiger partial charge in [-0.25, -0.2) is 4.98 Å². The van der Waals surface area contributed by atoms with Crippen molar-refractivity contribution in [3.05, 3.63) is 39.9 Å². The first-order valence-corrected chi connectivity index (χ1v) is 11.4. The van der Waals surface area contributed by atoms with E-state index in [0.717, 1.165) is 48.1 Å². The minimum Gasteiger partial charge on any atom is -0.493 e. The number of likely N-dealkylation sites (tertiary alicyclic amines) is 1. The molecule has 5 nitrogen and oxygen atoms in total. The number of thiazole rings is 1. The van der Waals surface area contributed by atoms with Crippen molar-refractivity contribution in [2.75, 3.05) is 25.0 Å². The van der Waals surface area contributed by atoms with Gasteiger partial charge in [-0.2, -0.15) is 0 Å². The van der Waals surface area contributed by atoms with E-state index >= 15 is 0 Å². The maximum atomic E-state index is 12.3. The third-order valence-corrected chi connectivity index (χ3v) is 6.64. The van der Waals surface area contributed by atoms with E-state index in [9.17, 15) is 4.79 Å². The standard InChI is InChI=1S/C23H33N3O2S/c1-16-10-12-26(13-11-16)15-20-19(4)24-23(29-20)25-21(27)9-6-14-28-22-17(2)7-5-8-18(22)3/h5,7-8,16H,6,9-15H2,1-4H3,(H,24,25,27). The number of nitrogens with one attached hydrogen (secondary N) is 1. The summed E-state index contributed by atoms with van der Waals surface area (Å²) in [4.78, 5) is 20.6.